The van der Waals surface area contributed by atoms with Crippen LogP contribution in [0.2, 0.25) is 0 Å². The van der Waals surface area contributed by atoms with Gasteiger partial charge in [0, 0.05) is 31.0 Å². The molecule has 0 bridgehead atoms. The number of aromatic nitrogens is 1. The maximum Gasteiger partial charge on any atom is 0.414 e. The maximum absolute atomic E-state index is 13.2. The number of fused-ring (bicyclic) bond motifs is 1. The van der Waals surface area contributed by atoms with Crippen LogP contribution in [0.25, 0.3) is 0 Å². The number of ether oxygens (including phenoxy) is 1. The summed E-state index contributed by atoms with van der Waals surface area (Å²) in [6.45, 7) is 9.93. The van der Waals surface area contributed by atoms with Crippen LogP contribution in [-0.4, -0.2) is 22.8 Å². The molecule has 0 spiro atoms. The molecule has 0 saturated carbocycles. The van der Waals surface area contributed by atoms with Gasteiger partial charge in [0.15, 0.2) is 0 Å². The number of amides is 1. The summed E-state index contributed by atoms with van der Waals surface area (Å²) < 4.78 is 20.4. The fraction of sp³-hybridized carbons (Fsp3) is 0.455. The Labute approximate surface area is 164 Å². The van der Waals surface area contributed by atoms with E-state index in [4.69, 9.17) is 4.74 Å². The van der Waals surface area contributed by atoms with Crippen molar-refractivity contribution in [2.45, 2.75) is 52.1 Å². The lowest BCUT2D eigenvalue weighted by Gasteiger charge is -2.25. The summed E-state index contributed by atoms with van der Waals surface area (Å²) in [5.41, 5.74) is 1.79. The molecular formula is C22H27FN2O3. The SMILES string of the molecule is Cn1c2c(cc(Cc3ccc(F)cc3)c1=O)N(C(=O)OC(C)(C)C)CC2(C)C. The molecule has 2 aromatic rings. The number of nitrogens with zero attached hydrogens (tertiary/aromatic N) is 2. The van der Waals surface area contributed by atoms with E-state index >= 15 is 0 Å². The molecule has 5 nitrogen and oxygen atoms in total. The Balaban J connectivity index is 2.06. The van der Waals surface area contributed by atoms with Crippen molar-refractivity contribution < 1.29 is 13.9 Å². The third-order valence-electron chi connectivity index (χ3n) is 4.88. The number of anilines is 1. The highest BCUT2D eigenvalue weighted by molar-refractivity contribution is 5.91. The molecule has 1 aromatic carbocycles. The van der Waals surface area contributed by atoms with E-state index in [-0.39, 0.29) is 16.8 Å². The van der Waals surface area contributed by atoms with Gasteiger partial charge in [-0.05, 0) is 44.5 Å². The zero-order valence-electron chi connectivity index (χ0n) is 17.3. The summed E-state index contributed by atoms with van der Waals surface area (Å²) in [6, 6.07) is 7.86. The summed E-state index contributed by atoms with van der Waals surface area (Å²) in [7, 11) is 1.73. The topological polar surface area (TPSA) is 51.5 Å². The van der Waals surface area contributed by atoms with Crippen molar-refractivity contribution in [1.29, 1.82) is 0 Å². The molecule has 0 saturated heterocycles. The summed E-state index contributed by atoms with van der Waals surface area (Å²) in [5, 5.41) is 0. The molecule has 1 aliphatic rings. The smallest absolute Gasteiger partial charge is 0.414 e. The Hall–Kier alpha value is -2.63. The monoisotopic (exact) mass is 386 g/mol. The third-order valence-corrected chi connectivity index (χ3v) is 4.88. The summed E-state index contributed by atoms with van der Waals surface area (Å²) >= 11 is 0. The van der Waals surface area contributed by atoms with Crippen LogP contribution >= 0.6 is 0 Å². The second-order valence-electron chi connectivity index (χ2n) is 9.02. The fourth-order valence-electron chi connectivity index (χ4n) is 3.77. The highest BCUT2D eigenvalue weighted by Crippen LogP contribution is 2.40. The van der Waals surface area contributed by atoms with Gasteiger partial charge in [-0.1, -0.05) is 26.0 Å². The van der Waals surface area contributed by atoms with Gasteiger partial charge in [-0.15, -0.1) is 0 Å². The first kappa shape index (κ1) is 20.1. The lowest BCUT2D eigenvalue weighted by atomic mass is 9.90. The van der Waals surface area contributed by atoms with Gasteiger partial charge in [0.25, 0.3) is 5.56 Å². The van der Waals surface area contributed by atoms with E-state index < -0.39 is 11.7 Å². The van der Waals surface area contributed by atoms with E-state index in [1.807, 2.05) is 34.6 Å². The highest BCUT2D eigenvalue weighted by atomic mass is 19.1. The minimum atomic E-state index is -0.610. The summed E-state index contributed by atoms with van der Waals surface area (Å²) in [6.07, 6.45) is -0.0614. The Morgan fingerprint density at radius 2 is 1.82 bits per heavy atom. The summed E-state index contributed by atoms with van der Waals surface area (Å²) in [4.78, 5) is 27.3. The Bertz CT molecular complexity index is 969. The zero-order valence-corrected chi connectivity index (χ0v) is 17.3. The van der Waals surface area contributed by atoms with Gasteiger partial charge in [0.2, 0.25) is 0 Å². The maximum atomic E-state index is 13.2. The summed E-state index contributed by atoms with van der Waals surface area (Å²) in [5.74, 6) is -0.316. The normalized spacial score (nSPS) is 15.5. The van der Waals surface area contributed by atoms with Crippen LogP contribution in [0.15, 0.2) is 35.1 Å². The first-order valence-corrected chi connectivity index (χ1v) is 9.37. The lowest BCUT2D eigenvalue weighted by Crippen LogP contribution is -2.38. The van der Waals surface area contributed by atoms with Crippen LogP contribution in [0.1, 0.15) is 51.4 Å². The van der Waals surface area contributed by atoms with Crippen LogP contribution in [0, 0.1) is 5.82 Å². The Morgan fingerprint density at radius 1 is 1.21 bits per heavy atom. The zero-order chi connectivity index (χ0) is 20.9. The number of hydrogen-bond acceptors (Lipinski definition) is 3. The van der Waals surface area contributed by atoms with Crippen molar-refractivity contribution in [2.75, 3.05) is 11.4 Å². The Morgan fingerprint density at radius 3 is 2.39 bits per heavy atom. The molecule has 150 valence electrons. The molecular weight excluding hydrogens is 359 g/mol. The number of rotatable bonds is 2. The van der Waals surface area contributed by atoms with E-state index in [2.05, 4.69) is 0 Å². The van der Waals surface area contributed by atoms with Gasteiger partial charge in [-0.2, -0.15) is 0 Å². The van der Waals surface area contributed by atoms with E-state index in [1.165, 1.54) is 12.1 Å². The van der Waals surface area contributed by atoms with Crippen LogP contribution in [0.5, 0.6) is 0 Å². The second kappa shape index (κ2) is 6.76. The van der Waals surface area contributed by atoms with Crippen molar-refractivity contribution >= 4 is 11.8 Å². The molecule has 3 rings (SSSR count). The average Bonchev–Trinajstić information content (AvgIpc) is 2.84. The highest BCUT2D eigenvalue weighted by Gasteiger charge is 2.42. The van der Waals surface area contributed by atoms with E-state index in [0.717, 1.165) is 11.3 Å². The molecule has 2 heterocycles. The minimum Gasteiger partial charge on any atom is -0.443 e. The number of halogens is 1. The van der Waals surface area contributed by atoms with Crippen molar-refractivity contribution in [3.63, 3.8) is 0 Å². The second-order valence-corrected chi connectivity index (χ2v) is 9.02. The molecule has 0 N–H and O–H groups in total. The van der Waals surface area contributed by atoms with Gasteiger partial charge in [-0.3, -0.25) is 9.69 Å². The van der Waals surface area contributed by atoms with Crippen molar-refractivity contribution in [3.8, 4) is 0 Å². The van der Waals surface area contributed by atoms with Crippen LogP contribution in [0.3, 0.4) is 0 Å². The molecule has 0 atom stereocenters. The molecule has 1 amide bonds. The molecule has 0 fully saturated rings. The largest absolute Gasteiger partial charge is 0.443 e. The number of carbonyl (C=O) groups excluding carboxylic acids is 1. The number of carbonyl (C=O) groups is 1. The van der Waals surface area contributed by atoms with Crippen LogP contribution < -0.4 is 10.5 Å². The van der Waals surface area contributed by atoms with Gasteiger partial charge in [-0.25, -0.2) is 9.18 Å². The fourth-order valence-corrected chi connectivity index (χ4v) is 3.77. The Kier molecular flexibility index (Phi) is 4.86. The van der Waals surface area contributed by atoms with E-state index in [0.29, 0.717) is 24.2 Å². The van der Waals surface area contributed by atoms with Crippen molar-refractivity contribution in [2.24, 2.45) is 7.05 Å². The predicted molar refractivity (Wildman–Crippen MR) is 107 cm³/mol. The number of hydrogen-bond donors (Lipinski definition) is 0. The number of pyridine rings is 1. The molecule has 6 heteroatoms. The quantitative estimate of drug-likeness (QED) is 0.779. The molecule has 1 aliphatic heterocycles. The van der Waals surface area contributed by atoms with E-state index in [1.54, 1.807) is 34.7 Å². The first-order valence-electron chi connectivity index (χ1n) is 9.37. The average molecular weight is 386 g/mol. The third kappa shape index (κ3) is 3.81. The van der Waals surface area contributed by atoms with Crippen LogP contribution in [-0.2, 0) is 23.6 Å². The predicted octanol–water partition coefficient (Wildman–Crippen LogP) is 4.15. The van der Waals surface area contributed by atoms with Crippen LogP contribution in [0.4, 0.5) is 14.9 Å². The number of benzene rings is 1. The van der Waals surface area contributed by atoms with E-state index in [9.17, 15) is 14.0 Å². The molecule has 0 radical (unpaired) electrons. The molecule has 28 heavy (non-hydrogen) atoms. The first-order chi connectivity index (χ1) is 12.9. The van der Waals surface area contributed by atoms with Gasteiger partial charge < -0.3 is 9.30 Å². The minimum absolute atomic E-state index is 0.109. The van der Waals surface area contributed by atoms with Gasteiger partial charge in [0.05, 0.1) is 11.4 Å². The van der Waals surface area contributed by atoms with Crippen molar-refractivity contribution in [1.82, 2.24) is 4.57 Å². The van der Waals surface area contributed by atoms with Gasteiger partial charge in [0.1, 0.15) is 11.4 Å². The molecule has 1 aromatic heterocycles. The molecule has 0 unspecified atom stereocenters. The van der Waals surface area contributed by atoms with Crippen molar-refractivity contribution in [3.05, 3.63) is 63.3 Å². The molecule has 0 aliphatic carbocycles. The lowest BCUT2D eigenvalue weighted by molar-refractivity contribution is 0.0579. The standard InChI is InChI=1S/C22H27FN2O3/c1-21(2,3)28-20(27)25-13-22(4,5)18-17(25)12-15(19(26)24(18)6)11-14-7-9-16(23)10-8-14/h7-10,12H,11,13H2,1-6H3. The van der Waals surface area contributed by atoms with Gasteiger partial charge >= 0.3 is 6.09 Å².